The average molecular weight is 855 g/mol. The minimum absolute atomic E-state index is 0.103. The van der Waals surface area contributed by atoms with Crippen LogP contribution in [0, 0.1) is 0 Å². The lowest BCUT2D eigenvalue weighted by molar-refractivity contribution is -0.220. The quantitative estimate of drug-likeness (QED) is 0.0152. The second-order valence-electron chi connectivity index (χ2n) is 15.2. The number of carbonyl (C=O) groups is 1. The van der Waals surface area contributed by atoms with Crippen LogP contribution < -0.4 is 0 Å². The first-order chi connectivity index (χ1) is 28.5. The van der Waals surface area contributed by atoms with E-state index in [0.29, 0.717) is 19.4 Å². The lowest BCUT2D eigenvalue weighted by atomic mass is 9.85. The van der Waals surface area contributed by atoms with E-state index in [9.17, 15) is 39.8 Å². The predicted molar refractivity (Wildman–Crippen MR) is 235 cm³/mol. The van der Waals surface area contributed by atoms with Gasteiger partial charge in [-0.3, -0.25) is 13.8 Å². The first-order valence-electron chi connectivity index (χ1n) is 22.3. The van der Waals surface area contributed by atoms with Crippen LogP contribution in [0.5, 0.6) is 0 Å². The number of hydrogen-bond acceptors (Lipinski definition) is 11. The molecule has 6 unspecified atom stereocenters. The number of unbranched alkanes of at least 4 members (excludes halogenated alkanes) is 12. The van der Waals surface area contributed by atoms with E-state index in [1.54, 1.807) is 0 Å². The summed E-state index contributed by atoms with van der Waals surface area (Å²) >= 11 is 0. The molecule has 1 aliphatic rings. The molecule has 0 aromatic carbocycles. The summed E-state index contributed by atoms with van der Waals surface area (Å²) in [4.78, 5) is 23.1. The fraction of sp³-hybridized carbons (Fsp3) is 0.717. The van der Waals surface area contributed by atoms with Gasteiger partial charge in [0, 0.05) is 13.0 Å². The number of aliphatic hydroxyl groups excluding tert-OH is 5. The van der Waals surface area contributed by atoms with E-state index in [-0.39, 0.29) is 13.0 Å². The summed E-state index contributed by atoms with van der Waals surface area (Å²) < 4.78 is 34.1. The minimum atomic E-state index is -5.04. The molecule has 0 aromatic heterocycles. The first kappa shape index (κ1) is 54.8. The van der Waals surface area contributed by atoms with Crippen LogP contribution in [0.1, 0.15) is 149 Å². The molecule has 1 saturated carbocycles. The van der Waals surface area contributed by atoms with E-state index in [1.807, 2.05) is 12.2 Å². The molecule has 1 rings (SSSR count). The molecule has 0 heterocycles. The van der Waals surface area contributed by atoms with Crippen molar-refractivity contribution in [3.63, 3.8) is 0 Å². The third kappa shape index (κ3) is 28.9. The zero-order chi connectivity index (χ0) is 43.4. The standard InChI is InChI=1S/C46H79O12P/c1-3-5-7-9-11-13-15-17-19-20-21-23-25-27-29-31-33-35-40(47)57-39(38-56-59(53,54)58-46-44(51)42(49)41(48)43(50)45(46)52)37-55-36-34-32-30-28-26-24-22-18-16-14-12-10-8-6-4-2/h5,7,11,13,16-19,21,23,27,29,39,41-46,48-52H,3-4,6,8-10,12,14-15,20,22,24-26,28,30-38H2,1-2H3,(H,53,54)/b7-5-,13-11-,18-16-,19-17-,23-21-,29-27-. The highest BCUT2D eigenvalue weighted by Crippen LogP contribution is 2.47. The SMILES string of the molecule is CC/C=C\C/C=C\C/C=C\C/C=C\C/C=C\CCCC(=O)OC(COCCCCCCCC/C=C\CCCCCCC)COP(=O)(O)OC1C(O)C(O)C(O)C(O)C1O. The van der Waals surface area contributed by atoms with Crippen molar-refractivity contribution in [3.8, 4) is 0 Å². The van der Waals surface area contributed by atoms with Crippen molar-refractivity contribution in [1.29, 1.82) is 0 Å². The fourth-order valence-corrected chi connectivity index (χ4v) is 7.24. The second-order valence-corrected chi connectivity index (χ2v) is 16.6. The molecule has 1 aliphatic carbocycles. The van der Waals surface area contributed by atoms with Gasteiger partial charge in [0.25, 0.3) is 0 Å². The smallest absolute Gasteiger partial charge is 0.457 e. The Kier molecular flexibility index (Phi) is 33.8. The van der Waals surface area contributed by atoms with Gasteiger partial charge in [-0.1, -0.05) is 138 Å². The number of rotatable bonds is 36. The molecular formula is C46H79O12P. The van der Waals surface area contributed by atoms with Gasteiger partial charge in [-0.25, -0.2) is 4.57 Å². The molecule has 59 heavy (non-hydrogen) atoms. The Hall–Kier alpha value is -2.22. The summed E-state index contributed by atoms with van der Waals surface area (Å²) in [6.45, 7) is 4.04. The van der Waals surface area contributed by atoms with Crippen molar-refractivity contribution in [2.24, 2.45) is 0 Å². The maximum Gasteiger partial charge on any atom is 0.472 e. The van der Waals surface area contributed by atoms with Crippen LogP contribution in [-0.4, -0.2) is 98.9 Å². The maximum atomic E-state index is 12.8. The van der Waals surface area contributed by atoms with Gasteiger partial charge in [0.15, 0.2) is 0 Å². The van der Waals surface area contributed by atoms with Crippen LogP contribution in [-0.2, 0) is 27.9 Å². The molecule has 0 amide bonds. The molecule has 0 saturated heterocycles. The maximum absolute atomic E-state index is 12.8. The van der Waals surface area contributed by atoms with Crippen molar-refractivity contribution in [3.05, 3.63) is 72.9 Å². The van der Waals surface area contributed by atoms with E-state index < -0.39 is 63.1 Å². The Morgan fingerprint density at radius 3 is 1.54 bits per heavy atom. The van der Waals surface area contributed by atoms with E-state index in [1.165, 1.54) is 51.4 Å². The van der Waals surface area contributed by atoms with Crippen molar-refractivity contribution in [2.75, 3.05) is 19.8 Å². The zero-order valence-electron chi connectivity index (χ0n) is 36.0. The van der Waals surface area contributed by atoms with Gasteiger partial charge in [0.05, 0.1) is 13.2 Å². The number of phosphoric ester groups is 1. The molecule has 6 atom stereocenters. The van der Waals surface area contributed by atoms with Crippen molar-refractivity contribution in [2.45, 2.75) is 191 Å². The summed E-state index contributed by atoms with van der Waals surface area (Å²) in [6.07, 6.45) is 34.1. The van der Waals surface area contributed by atoms with E-state index in [2.05, 4.69) is 74.6 Å². The summed E-state index contributed by atoms with van der Waals surface area (Å²) in [5.41, 5.74) is 0. The lowest BCUT2D eigenvalue weighted by Crippen LogP contribution is -2.64. The van der Waals surface area contributed by atoms with Gasteiger partial charge in [0.2, 0.25) is 0 Å². The fourth-order valence-electron chi connectivity index (χ4n) is 6.27. The molecule has 340 valence electrons. The van der Waals surface area contributed by atoms with Gasteiger partial charge >= 0.3 is 13.8 Å². The molecule has 0 bridgehead atoms. The van der Waals surface area contributed by atoms with E-state index in [4.69, 9.17) is 18.5 Å². The number of phosphoric acid groups is 1. The van der Waals surface area contributed by atoms with Crippen LogP contribution in [0.2, 0.25) is 0 Å². The third-order valence-corrected chi connectivity index (χ3v) is 10.8. The largest absolute Gasteiger partial charge is 0.472 e. The number of esters is 1. The Morgan fingerprint density at radius 1 is 0.559 bits per heavy atom. The summed E-state index contributed by atoms with van der Waals surface area (Å²) in [6, 6.07) is 0. The summed E-state index contributed by atoms with van der Waals surface area (Å²) in [7, 11) is -5.04. The molecule has 0 radical (unpaired) electrons. The normalized spacial score (nSPS) is 23.2. The monoisotopic (exact) mass is 855 g/mol. The highest BCUT2D eigenvalue weighted by Gasteiger charge is 2.51. The van der Waals surface area contributed by atoms with Crippen LogP contribution >= 0.6 is 7.82 Å². The number of carbonyl (C=O) groups excluding carboxylic acids is 1. The highest BCUT2D eigenvalue weighted by atomic mass is 31.2. The Morgan fingerprint density at radius 2 is 1.00 bits per heavy atom. The Labute approximate surface area is 355 Å². The second kappa shape index (κ2) is 36.4. The average Bonchev–Trinajstić information content (AvgIpc) is 3.22. The van der Waals surface area contributed by atoms with Gasteiger partial charge in [-0.2, -0.15) is 0 Å². The highest BCUT2D eigenvalue weighted by molar-refractivity contribution is 7.47. The molecule has 0 spiro atoms. The Bertz CT molecular complexity index is 1250. The van der Waals surface area contributed by atoms with E-state index in [0.717, 1.165) is 64.2 Å². The van der Waals surface area contributed by atoms with Crippen LogP contribution in [0.4, 0.5) is 0 Å². The number of ether oxygens (including phenoxy) is 2. The first-order valence-corrected chi connectivity index (χ1v) is 23.8. The van der Waals surface area contributed by atoms with Crippen LogP contribution in [0.25, 0.3) is 0 Å². The van der Waals surface area contributed by atoms with Crippen molar-refractivity contribution < 1.29 is 58.3 Å². The van der Waals surface area contributed by atoms with Gasteiger partial charge in [-0.15, -0.1) is 0 Å². The molecule has 6 N–H and O–H groups in total. The Balaban J connectivity index is 2.48. The number of hydrogen-bond donors (Lipinski definition) is 6. The third-order valence-electron chi connectivity index (χ3n) is 9.81. The summed E-state index contributed by atoms with van der Waals surface area (Å²) in [5.74, 6) is -0.539. The number of aliphatic hydroxyl groups is 5. The molecule has 0 aromatic rings. The predicted octanol–water partition coefficient (Wildman–Crippen LogP) is 8.80. The summed E-state index contributed by atoms with van der Waals surface area (Å²) in [5, 5.41) is 50.1. The zero-order valence-corrected chi connectivity index (χ0v) is 36.9. The molecule has 12 nitrogen and oxygen atoms in total. The number of allylic oxidation sites excluding steroid dienone is 12. The molecule has 0 aliphatic heterocycles. The lowest BCUT2D eigenvalue weighted by Gasteiger charge is -2.41. The molecule has 13 heteroatoms. The minimum Gasteiger partial charge on any atom is -0.457 e. The van der Waals surface area contributed by atoms with Gasteiger partial charge in [0.1, 0.15) is 42.7 Å². The van der Waals surface area contributed by atoms with Crippen LogP contribution in [0.15, 0.2) is 72.9 Å². The van der Waals surface area contributed by atoms with Crippen molar-refractivity contribution in [1.82, 2.24) is 0 Å². The topological polar surface area (TPSA) is 192 Å². The molecule has 1 fully saturated rings. The molecular weight excluding hydrogens is 775 g/mol. The van der Waals surface area contributed by atoms with Gasteiger partial charge in [-0.05, 0) is 77.0 Å². The van der Waals surface area contributed by atoms with Crippen LogP contribution in [0.3, 0.4) is 0 Å². The van der Waals surface area contributed by atoms with Crippen molar-refractivity contribution >= 4 is 13.8 Å². The van der Waals surface area contributed by atoms with E-state index >= 15 is 0 Å². The van der Waals surface area contributed by atoms with Gasteiger partial charge < -0.3 is 39.9 Å².